The molecule has 0 aliphatic heterocycles. The van der Waals surface area contributed by atoms with E-state index in [4.69, 9.17) is 28.3 Å². The summed E-state index contributed by atoms with van der Waals surface area (Å²) in [5.74, 6) is 3.45. The predicted octanol–water partition coefficient (Wildman–Crippen LogP) is 6.30. The van der Waals surface area contributed by atoms with Crippen LogP contribution in [-0.2, 0) is 0 Å². The van der Waals surface area contributed by atoms with Crippen molar-refractivity contribution in [2.75, 3.05) is 13.1 Å². The van der Waals surface area contributed by atoms with Crippen molar-refractivity contribution in [3.05, 3.63) is 69.8 Å². The SMILES string of the molecule is Cc1c(C(=O)NCCNC2C3CC4CC(C3)CC2C4)nn(-c2ccc(Cl)cc2)c1-c1ccc(Cl)cc1. The molecule has 0 radical (unpaired) electrons. The van der Waals surface area contributed by atoms with Crippen LogP contribution < -0.4 is 10.6 Å². The molecule has 2 aromatic carbocycles. The van der Waals surface area contributed by atoms with Crippen molar-refractivity contribution < 1.29 is 4.79 Å². The standard InChI is InChI=1S/C29H32Cl2N4O/c1-17-26(29(36)33-11-10-32-27-21-13-18-12-19(15-21)16-22(27)14-18)34-35(25-8-6-24(31)7-9-25)28(17)20-2-4-23(30)5-3-20/h2-9,18-19,21-22,27,32H,10-16H2,1H3,(H,33,36). The zero-order valence-corrected chi connectivity index (χ0v) is 22.0. The van der Waals surface area contributed by atoms with E-state index in [-0.39, 0.29) is 5.91 Å². The molecule has 0 saturated heterocycles. The van der Waals surface area contributed by atoms with E-state index in [1.165, 1.54) is 32.1 Å². The third kappa shape index (κ3) is 4.57. The highest BCUT2D eigenvalue weighted by atomic mass is 35.5. The minimum atomic E-state index is -0.151. The Kier molecular flexibility index (Phi) is 6.57. The fourth-order valence-electron chi connectivity index (χ4n) is 7.18. The van der Waals surface area contributed by atoms with Gasteiger partial charge in [0.2, 0.25) is 0 Å². The zero-order chi connectivity index (χ0) is 24.8. The Morgan fingerprint density at radius 2 is 1.47 bits per heavy atom. The van der Waals surface area contributed by atoms with Crippen LogP contribution in [0.2, 0.25) is 10.0 Å². The molecule has 1 amide bonds. The molecule has 1 heterocycles. The van der Waals surface area contributed by atoms with E-state index >= 15 is 0 Å². The Morgan fingerprint density at radius 1 is 0.889 bits per heavy atom. The number of amides is 1. The van der Waals surface area contributed by atoms with Crippen LogP contribution in [0.5, 0.6) is 0 Å². The van der Waals surface area contributed by atoms with Crippen molar-refractivity contribution in [1.82, 2.24) is 20.4 Å². The minimum absolute atomic E-state index is 0.151. The van der Waals surface area contributed by atoms with E-state index in [9.17, 15) is 4.79 Å². The fourth-order valence-corrected chi connectivity index (χ4v) is 7.44. The van der Waals surface area contributed by atoms with Gasteiger partial charge in [-0.15, -0.1) is 0 Å². The number of aromatic nitrogens is 2. The Balaban J connectivity index is 1.17. The van der Waals surface area contributed by atoms with Gasteiger partial charge in [0.25, 0.3) is 5.91 Å². The maximum atomic E-state index is 13.2. The number of benzene rings is 2. The van der Waals surface area contributed by atoms with Gasteiger partial charge in [0, 0.05) is 40.3 Å². The molecular weight excluding hydrogens is 491 g/mol. The Hall–Kier alpha value is -2.34. The van der Waals surface area contributed by atoms with Crippen molar-refractivity contribution in [2.45, 2.75) is 45.1 Å². The zero-order valence-electron chi connectivity index (χ0n) is 20.5. The second-order valence-corrected chi connectivity index (χ2v) is 11.8. The van der Waals surface area contributed by atoms with Crippen molar-refractivity contribution in [2.24, 2.45) is 23.7 Å². The molecule has 4 fully saturated rings. The first-order valence-corrected chi connectivity index (χ1v) is 13.8. The molecule has 1 aromatic heterocycles. The second kappa shape index (κ2) is 9.85. The molecule has 0 unspecified atom stereocenters. The highest BCUT2D eigenvalue weighted by molar-refractivity contribution is 6.30. The van der Waals surface area contributed by atoms with Gasteiger partial charge in [-0.2, -0.15) is 5.10 Å². The van der Waals surface area contributed by atoms with Crippen molar-refractivity contribution in [1.29, 1.82) is 0 Å². The maximum absolute atomic E-state index is 13.2. The quantitative estimate of drug-likeness (QED) is 0.358. The Morgan fingerprint density at radius 3 is 2.08 bits per heavy atom. The van der Waals surface area contributed by atoms with Crippen LogP contribution in [0.1, 0.15) is 48.2 Å². The van der Waals surface area contributed by atoms with Gasteiger partial charge in [-0.05, 0) is 99.1 Å². The van der Waals surface area contributed by atoms with Crippen LogP contribution >= 0.6 is 23.2 Å². The van der Waals surface area contributed by atoms with Crippen molar-refractivity contribution >= 4 is 29.1 Å². The average Bonchev–Trinajstić information content (AvgIpc) is 3.20. The van der Waals surface area contributed by atoms with E-state index in [1.807, 2.05) is 60.1 Å². The molecule has 36 heavy (non-hydrogen) atoms. The van der Waals surface area contributed by atoms with Gasteiger partial charge in [0.15, 0.2) is 5.69 Å². The first-order chi connectivity index (χ1) is 17.5. The number of rotatable bonds is 7. The summed E-state index contributed by atoms with van der Waals surface area (Å²) in [7, 11) is 0. The van der Waals surface area contributed by atoms with E-state index < -0.39 is 0 Å². The summed E-state index contributed by atoms with van der Waals surface area (Å²) in [6.07, 6.45) is 7.05. The largest absolute Gasteiger partial charge is 0.349 e. The number of nitrogens with zero attached hydrogens (tertiary/aromatic N) is 2. The van der Waals surface area contributed by atoms with Gasteiger partial charge < -0.3 is 10.6 Å². The van der Waals surface area contributed by atoms with Crippen LogP contribution in [0.15, 0.2) is 48.5 Å². The van der Waals surface area contributed by atoms with E-state index in [1.54, 1.807) is 0 Å². The molecule has 7 rings (SSSR count). The number of hydrogen-bond donors (Lipinski definition) is 2. The van der Waals surface area contributed by atoms with Crippen LogP contribution in [0, 0.1) is 30.6 Å². The smallest absolute Gasteiger partial charge is 0.272 e. The molecule has 2 N–H and O–H groups in total. The number of carbonyl (C=O) groups is 1. The number of halogens is 2. The van der Waals surface area contributed by atoms with Crippen LogP contribution in [0.3, 0.4) is 0 Å². The average molecular weight is 524 g/mol. The molecule has 5 nitrogen and oxygen atoms in total. The van der Waals surface area contributed by atoms with Gasteiger partial charge in [-0.25, -0.2) is 4.68 Å². The summed E-state index contributed by atoms with van der Waals surface area (Å²) >= 11 is 12.2. The topological polar surface area (TPSA) is 59.0 Å². The fraction of sp³-hybridized carbons (Fsp3) is 0.448. The van der Waals surface area contributed by atoms with Crippen molar-refractivity contribution in [3.63, 3.8) is 0 Å². The predicted molar refractivity (Wildman–Crippen MR) is 145 cm³/mol. The van der Waals surface area contributed by atoms with E-state index in [2.05, 4.69) is 10.6 Å². The number of hydrogen-bond acceptors (Lipinski definition) is 3. The van der Waals surface area contributed by atoms with Crippen LogP contribution in [-0.4, -0.2) is 34.8 Å². The molecule has 0 atom stereocenters. The molecule has 4 bridgehead atoms. The molecule has 7 heteroatoms. The van der Waals surface area contributed by atoms with Gasteiger partial charge in [0.1, 0.15) is 0 Å². The summed E-state index contributed by atoms with van der Waals surface area (Å²) in [5.41, 5.74) is 3.92. The van der Waals surface area contributed by atoms with Crippen LogP contribution in [0.25, 0.3) is 16.9 Å². The minimum Gasteiger partial charge on any atom is -0.349 e. The number of nitrogens with one attached hydrogen (secondary N) is 2. The third-order valence-electron chi connectivity index (χ3n) is 8.54. The van der Waals surface area contributed by atoms with E-state index in [0.717, 1.165) is 52.7 Å². The van der Waals surface area contributed by atoms with Gasteiger partial charge in [-0.1, -0.05) is 35.3 Å². The highest BCUT2D eigenvalue weighted by Crippen LogP contribution is 2.53. The summed E-state index contributed by atoms with van der Waals surface area (Å²) in [4.78, 5) is 13.2. The summed E-state index contributed by atoms with van der Waals surface area (Å²) < 4.78 is 1.82. The summed E-state index contributed by atoms with van der Waals surface area (Å²) in [6, 6.07) is 15.7. The molecule has 4 saturated carbocycles. The monoisotopic (exact) mass is 522 g/mol. The third-order valence-corrected chi connectivity index (χ3v) is 9.05. The Labute approximate surface area is 222 Å². The lowest BCUT2D eigenvalue weighted by Crippen LogP contribution is -2.55. The number of carbonyl (C=O) groups excluding carboxylic acids is 1. The van der Waals surface area contributed by atoms with Gasteiger partial charge in [0.05, 0.1) is 11.4 Å². The molecule has 4 aliphatic carbocycles. The second-order valence-electron chi connectivity index (χ2n) is 10.9. The normalized spacial score (nSPS) is 26.4. The maximum Gasteiger partial charge on any atom is 0.272 e. The molecule has 0 spiro atoms. The lowest BCUT2D eigenvalue weighted by Gasteiger charge is -2.54. The highest BCUT2D eigenvalue weighted by Gasteiger charge is 2.47. The first kappa shape index (κ1) is 24.0. The lowest BCUT2D eigenvalue weighted by molar-refractivity contribution is -0.0133. The molecule has 3 aromatic rings. The Bertz CT molecular complexity index is 1220. The van der Waals surface area contributed by atoms with Gasteiger partial charge >= 0.3 is 0 Å². The first-order valence-electron chi connectivity index (χ1n) is 13.1. The summed E-state index contributed by atoms with van der Waals surface area (Å²) in [6.45, 7) is 3.33. The van der Waals surface area contributed by atoms with Gasteiger partial charge in [-0.3, -0.25) is 4.79 Å². The van der Waals surface area contributed by atoms with Crippen molar-refractivity contribution in [3.8, 4) is 16.9 Å². The van der Waals surface area contributed by atoms with E-state index in [0.29, 0.717) is 28.3 Å². The molecule has 188 valence electrons. The summed E-state index contributed by atoms with van der Waals surface area (Å²) in [5, 5.41) is 13.0. The molecule has 4 aliphatic rings. The van der Waals surface area contributed by atoms with Crippen LogP contribution in [0.4, 0.5) is 0 Å². The lowest BCUT2D eigenvalue weighted by atomic mass is 9.54. The molecular formula is C29H32Cl2N4O.